The summed E-state index contributed by atoms with van der Waals surface area (Å²) in [5.41, 5.74) is 4.40. The number of halogens is 3. The third kappa shape index (κ3) is 5.61. The third-order valence-corrected chi connectivity index (χ3v) is 7.60. The monoisotopic (exact) mass is 560 g/mol. The minimum atomic E-state index is -0.316. The van der Waals surface area contributed by atoms with E-state index in [1.165, 1.54) is 42.5 Å². The molecule has 2 aromatic heterocycles. The maximum absolute atomic E-state index is 13.6. The fraction of sp³-hybridized carbons (Fsp3) is 0.429. The maximum atomic E-state index is 13.6. The average Bonchev–Trinajstić information content (AvgIpc) is 3.48. The number of methoxy groups -OCH3 is 1. The molecule has 0 spiro atoms. The second kappa shape index (κ2) is 11.8. The van der Waals surface area contributed by atoms with Crippen LogP contribution >= 0.6 is 17.0 Å². The molecule has 2 aliphatic heterocycles. The van der Waals surface area contributed by atoms with Crippen LogP contribution in [0.3, 0.4) is 0 Å². The summed E-state index contributed by atoms with van der Waals surface area (Å²) in [7, 11) is 3.67. The molecule has 0 aliphatic carbocycles. The molecule has 2 fully saturated rings. The van der Waals surface area contributed by atoms with E-state index in [-0.39, 0.29) is 28.6 Å². The Balaban J connectivity index is 0.000000165. The molecular weight excluding hydrogens is 526 g/mol. The average molecular weight is 562 g/mol. The summed E-state index contributed by atoms with van der Waals surface area (Å²) in [4.78, 5) is 8.71. The molecule has 0 radical (unpaired) electrons. The molecule has 2 aromatic carbocycles. The molecule has 0 saturated carbocycles. The van der Waals surface area contributed by atoms with Crippen molar-refractivity contribution in [2.24, 2.45) is 0 Å². The number of nitrogens with one attached hydrogen (secondary N) is 3. The van der Waals surface area contributed by atoms with Gasteiger partial charge >= 0.3 is 0 Å². The fourth-order valence-electron chi connectivity index (χ4n) is 5.55. The third-order valence-electron chi connectivity index (χ3n) is 7.60. The smallest absolute Gasteiger partial charge is 0.167 e. The highest BCUT2D eigenvalue weighted by molar-refractivity contribution is 8.93. The Morgan fingerprint density at radius 2 is 1.44 bits per heavy atom. The SMILES string of the molecule is Br.CN1CCC(c2c[nH]c3cc(F)ccc23)CC1.COc1cc2c(C3CCNCC3)c[nH]c2cc1F. The van der Waals surface area contributed by atoms with E-state index in [0.29, 0.717) is 17.6 Å². The van der Waals surface area contributed by atoms with Gasteiger partial charge < -0.3 is 24.9 Å². The van der Waals surface area contributed by atoms with Gasteiger partial charge in [-0.1, -0.05) is 0 Å². The summed E-state index contributed by atoms with van der Waals surface area (Å²) in [5, 5.41) is 5.63. The molecule has 8 heteroatoms. The van der Waals surface area contributed by atoms with Gasteiger partial charge in [0.2, 0.25) is 0 Å². The number of hydrogen-bond acceptors (Lipinski definition) is 3. The van der Waals surface area contributed by atoms with E-state index in [9.17, 15) is 8.78 Å². The molecule has 2 saturated heterocycles. The van der Waals surface area contributed by atoms with Crippen LogP contribution in [0.4, 0.5) is 8.78 Å². The number of H-pyrrole nitrogens is 2. The van der Waals surface area contributed by atoms with Crippen LogP contribution in [0.5, 0.6) is 5.75 Å². The Morgan fingerprint density at radius 3 is 2.11 bits per heavy atom. The quantitative estimate of drug-likeness (QED) is 0.269. The summed E-state index contributed by atoms with van der Waals surface area (Å²) < 4.78 is 31.8. The van der Waals surface area contributed by atoms with Crippen LogP contribution in [0.25, 0.3) is 21.8 Å². The lowest BCUT2D eigenvalue weighted by atomic mass is 9.89. The molecule has 36 heavy (non-hydrogen) atoms. The first kappa shape index (κ1) is 26.6. The number of ether oxygens (including phenoxy) is 1. The molecule has 3 N–H and O–H groups in total. The summed E-state index contributed by atoms with van der Waals surface area (Å²) in [6.45, 7) is 4.41. The van der Waals surface area contributed by atoms with Gasteiger partial charge in [0.1, 0.15) is 5.82 Å². The lowest BCUT2D eigenvalue weighted by Gasteiger charge is -2.28. The van der Waals surface area contributed by atoms with E-state index >= 15 is 0 Å². The van der Waals surface area contributed by atoms with Gasteiger partial charge in [-0.2, -0.15) is 0 Å². The van der Waals surface area contributed by atoms with Gasteiger partial charge in [-0.05, 0) is 106 Å². The van der Waals surface area contributed by atoms with Crippen molar-refractivity contribution >= 4 is 38.8 Å². The minimum absolute atomic E-state index is 0. The molecule has 4 heterocycles. The zero-order valence-corrected chi connectivity index (χ0v) is 22.6. The van der Waals surface area contributed by atoms with Gasteiger partial charge in [0.05, 0.1) is 7.11 Å². The van der Waals surface area contributed by atoms with Crippen molar-refractivity contribution in [1.82, 2.24) is 20.2 Å². The number of fused-ring (bicyclic) bond motifs is 2. The van der Waals surface area contributed by atoms with Crippen molar-refractivity contribution in [3.05, 3.63) is 65.5 Å². The summed E-state index contributed by atoms with van der Waals surface area (Å²) >= 11 is 0. The summed E-state index contributed by atoms with van der Waals surface area (Å²) in [5.74, 6) is 0.996. The predicted molar refractivity (Wildman–Crippen MR) is 148 cm³/mol. The molecule has 194 valence electrons. The van der Waals surface area contributed by atoms with Crippen LogP contribution in [-0.4, -0.2) is 55.2 Å². The Kier molecular flexibility index (Phi) is 8.70. The highest BCUT2D eigenvalue weighted by Gasteiger charge is 2.21. The molecule has 0 unspecified atom stereocenters. The van der Waals surface area contributed by atoms with Gasteiger partial charge in [0.25, 0.3) is 0 Å². The second-order valence-corrected chi connectivity index (χ2v) is 9.81. The van der Waals surface area contributed by atoms with Crippen molar-refractivity contribution < 1.29 is 13.5 Å². The van der Waals surface area contributed by atoms with Gasteiger partial charge in [-0.3, -0.25) is 0 Å². The van der Waals surface area contributed by atoms with Crippen molar-refractivity contribution in [3.63, 3.8) is 0 Å². The number of hydrogen-bond donors (Lipinski definition) is 3. The molecule has 6 rings (SSSR count). The molecule has 4 aromatic rings. The van der Waals surface area contributed by atoms with Crippen molar-refractivity contribution in [2.75, 3.05) is 40.3 Å². The molecular formula is C28H35BrF2N4O. The van der Waals surface area contributed by atoms with Gasteiger partial charge in [-0.15, -0.1) is 17.0 Å². The number of aromatic nitrogens is 2. The number of rotatable bonds is 3. The highest BCUT2D eigenvalue weighted by Crippen LogP contribution is 2.35. The van der Waals surface area contributed by atoms with Crippen LogP contribution in [0.2, 0.25) is 0 Å². The molecule has 0 atom stereocenters. The number of piperidine rings is 2. The zero-order chi connectivity index (χ0) is 24.4. The first-order valence-corrected chi connectivity index (χ1v) is 12.5. The lowest BCUT2D eigenvalue weighted by Crippen LogP contribution is -2.29. The van der Waals surface area contributed by atoms with E-state index in [1.807, 2.05) is 12.3 Å². The Morgan fingerprint density at radius 1 is 0.833 bits per heavy atom. The maximum Gasteiger partial charge on any atom is 0.167 e. The Labute approximate surface area is 221 Å². The molecule has 5 nitrogen and oxygen atoms in total. The van der Waals surface area contributed by atoms with Crippen molar-refractivity contribution in [2.45, 2.75) is 37.5 Å². The second-order valence-electron chi connectivity index (χ2n) is 9.81. The zero-order valence-electron chi connectivity index (χ0n) is 20.9. The van der Waals surface area contributed by atoms with Crippen LogP contribution in [0, 0.1) is 11.6 Å². The van der Waals surface area contributed by atoms with Crippen LogP contribution in [-0.2, 0) is 0 Å². The lowest BCUT2D eigenvalue weighted by molar-refractivity contribution is 0.256. The first-order chi connectivity index (χ1) is 17.0. The first-order valence-electron chi connectivity index (χ1n) is 12.5. The number of benzene rings is 2. The van der Waals surface area contributed by atoms with Gasteiger partial charge in [0.15, 0.2) is 11.6 Å². The van der Waals surface area contributed by atoms with Crippen molar-refractivity contribution in [1.29, 1.82) is 0 Å². The van der Waals surface area contributed by atoms with Crippen molar-refractivity contribution in [3.8, 4) is 5.75 Å². The minimum Gasteiger partial charge on any atom is -0.494 e. The van der Waals surface area contributed by atoms with Crippen LogP contribution in [0.1, 0.15) is 48.6 Å². The predicted octanol–water partition coefficient (Wildman–Crippen LogP) is 6.48. The van der Waals surface area contributed by atoms with Gasteiger partial charge in [-0.25, -0.2) is 8.78 Å². The van der Waals surface area contributed by atoms with Gasteiger partial charge in [0, 0.05) is 40.3 Å². The summed E-state index contributed by atoms with van der Waals surface area (Å²) in [6, 6.07) is 8.34. The Hall–Kier alpha value is -2.42. The molecule has 0 amide bonds. The topological polar surface area (TPSA) is 56.1 Å². The normalized spacial score (nSPS) is 17.6. The number of nitrogens with zero attached hydrogens (tertiary/aromatic N) is 1. The Bertz CT molecular complexity index is 1290. The highest BCUT2D eigenvalue weighted by atomic mass is 79.9. The van der Waals surface area contributed by atoms with E-state index < -0.39 is 0 Å². The molecule has 0 bridgehead atoms. The van der Waals surface area contributed by atoms with E-state index in [0.717, 1.165) is 55.4 Å². The molecule has 2 aliphatic rings. The number of likely N-dealkylation sites (tertiary alicyclic amines) is 1. The van der Waals surface area contributed by atoms with Crippen LogP contribution < -0.4 is 10.1 Å². The summed E-state index contributed by atoms with van der Waals surface area (Å²) in [6.07, 6.45) is 8.72. The standard InChI is InChI=1S/C14H17FN2O.C14H17FN2.BrH/c1-18-14-6-10-11(9-2-4-16-5-3-9)8-17-13(10)7-12(14)15;1-17-6-4-10(5-7-17)13-9-16-14-8-11(15)2-3-12(13)14;/h6-9,16-17H,2-5H2,1H3;2-3,8-10,16H,4-7H2,1H3;1H. The largest absolute Gasteiger partial charge is 0.494 e. The number of aromatic amines is 2. The van der Waals surface area contributed by atoms with E-state index in [1.54, 1.807) is 18.2 Å². The fourth-order valence-corrected chi connectivity index (χ4v) is 5.55. The van der Waals surface area contributed by atoms with E-state index in [4.69, 9.17) is 4.74 Å². The van der Waals surface area contributed by atoms with E-state index in [2.05, 4.69) is 33.4 Å². The van der Waals surface area contributed by atoms with Crippen LogP contribution in [0.15, 0.2) is 42.7 Å².